The zero-order valence-corrected chi connectivity index (χ0v) is 14.9. The maximum atomic E-state index is 11.8. The number of rotatable bonds is 7. The number of hydrazine groups is 1. The predicted octanol–water partition coefficient (Wildman–Crippen LogP) is 2.84. The monoisotopic (exact) mass is 373 g/mol. The van der Waals surface area contributed by atoms with E-state index in [2.05, 4.69) is 16.2 Å². The Bertz CT molecular complexity index is 766. The largest absolute Gasteiger partial charge is 0.326 e. The molecule has 0 atom stereocenters. The van der Waals surface area contributed by atoms with Crippen molar-refractivity contribution in [3.05, 3.63) is 65.2 Å². The molecule has 0 aromatic heterocycles. The second-order valence-electron chi connectivity index (χ2n) is 5.60. The molecule has 0 radical (unpaired) electrons. The normalized spacial score (nSPS) is 10.0. The number of para-hydroxylation sites is 1. The van der Waals surface area contributed by atoms with E-state index in [1.54, 1.807) is 30.3 Å². The molecule has 2 aromatic rings. The van der Waals surface area contributed by atoms with Gasteiger partial charge < -0.3 is 5.32 Å². The lowest BCUT2D eigenvalue weighted by Gasteiger charge is -2.08. The van der Waals surface area contributed by atoms with E-state index in [9.17, 15) is 14.4 Å². The van der Waals surface area contributed by atoms with E-state index in [-0.39, 0.29) is 31.1 Å². The third-order valence-electron chi connectivity index (χ3n) is 3.56. The fourth-order valence-electron chi connectivity index (χ4n) is 2.19. The molecule has 2 rings (SSSR count). The van der Waals surface area contributed by atoms with Crippen LogP contribution >= 0.6 is 11.6 Å². The van der Waals surface area contributed by atoms with Gasteiger partial charge in [-0.15, -0.1) is 0 Å². The van der Waals surface area contributed by atoms with Crippen LogP contribution < -0.4 is 16.2 Å². The van der Waals surface area contributed by atoms with Crippen molar-refractivity contribution >= 4 is 35.0 Å². The Kier molecular flexibility index (Phi) is 7.64. The summed E-state index contributed by atoms with van der Waals surface area (Å²) in [4.78, 5) is 35.2. The minimum Gasteiger partial charge on any atom is -0.326 e. The average Bonchev–Trinajstić information content (AvgIpc) is 2.65. The molecule has 26 heavy (non-hydrogen) atoms. The van der Waals surface area contributed by atoms with Gasteiger partial charge in [-0.3, -0.25) is 25.2 Å². The molecule has 3 amide bonds. The van der Waals surface area contributed by atoms with Crippen molar-refractivity contribution in [1.82, 2.24) is 10.9 Å². The molecule has 0 fully saturated rings. The van der Waals surface area contributed by atoms with Crippen LogP contribution in [0.1, 0.15) is 24.8 Å². The van der Waals surface area contributed by atoms with Crippen molar-refractivity contribution in [2.75, 3.05) is 5.32 Å². The van der Waals surface area contributed by atoms with E-state index in [0.29, 0.717) is 17.1 Å². The van der Waals surface area contributed by atoms with Crippen LogP contribution in [0.4, 0.5) is 5.69 Å². The van der Waals surface area contributed by atoms with E-state index in [1.165, 1.54) is 0 Å². The van der Waals surface area contributed by atoms with Gasteiger partial charge in [0, 0.05) is 30.0 Å². The van der Waals surface area contributed by atoms with Gasteiger partial charge in [0.1, 0.15) is 0 Å². The van der Waals surface area contributed by atoms with E-state index < -0.39 is 5.91 Å². The minimum absolute atomic E-state index is 0.0240. The highest BCUT2D eigenvalue weighted by molar-refractivity contribution is 6.31. The molecule has 0 spiro atoms. The van der Waals surface area contributed by atoms with Gasteiger partial charge in [-0.25, -0.2) is 0 Å². The molecule has 6 nitrogen and oxygen atoms in total. The first kappa shape index (κ1) is 19.5. The van der Waals surface area contributed by atoms with Crippen LogP contribution in [-0.4, -0.2) is 17.7 Å². The highest BCUT2D eigenvalue weighted by Crippen LogP contribution is 2.16. The van der Waals surface area contributed by atoms with Crippen molar-refractivity contribution < 1.29 is 14.4 Å². The maximum absolute atomic E-state index is 11.8. The van der Waals surface area contributed by atoms with Crippen molar-refractivity contribution in [2.24, 2.45) is 0 Å². The molecule has 0 bridgehead atoms. The summed E-state index contributed by atoms with van der Waals surface area (Å²) in [6.45, 7) is 0. The molecule has 0 unspecified atom stereocenters. The van der Waals surface area contributed by atoms with E-state index in [4.69, 9.17) is 11.6 Å². The van der Waals surface area contributed by atoms with Crippen molar-refractivity contribution in [3.63, 3.8) is 0 Å². The van der Waals surface area contributed by atoms with Gasteiger partial charge in [0.25, 0.3) is 0 Å². The molecule has 0 aliphatic rings. The second kappa shape index (κ2) is 10.2. The smallest absolute Gasteiger partial charge is 0.238 e. The standard InChI is InChI=1S/C19H20ClN3O3/c20-16-9-5-4-6-14(16)10-11-18(25)22-23-19(26)13-12-17(24)21-15-7-2-1-3-8-15/h1-9H,10-13H2,(H,21,24)(H,22,25)(H,23,26). The number of halogens is 1. The Balaban J connectivity index is 1.62. The van der Waals surface area contributed by atoms with Gasteiger partial charge in [0.2, 0.25) is 17.7 Å². The Morgan fingerprint density at radius 1 is 0.731 bits per heavy atom. The first-order chi connectivity index (χ1) is 12.5. The highest BCUT2D eigenvalue weighted by atomic mass is 35.5. The van der Waals surface area contributed by atoms with Crippen LogP contribution in [0.25, 0.3) is 0 Å². The molecule has 7 heteroatoms. The van der Waals surface area contributed by atoms with Gasteiger partial charge in [-0.2, -0.15) is 0 Å². The van der Waals surface area contributed by atoms with Crippen LogP contribution in [0.5, 0.6) is 0 Å². The maximum Gasteiger partial charge on any atom is 0.238 e. The number of carbonyl (C=O) groups excluding carboxylic acids is 3. The van der Waals surface area contributed by atoms with Crippen molar-refractivity contribution in [2.45, 2.75) is 25.7 Å². The van der Waals surface area contributed by atoms with Gasteiger partial charge in [0.05, 0.1) is 0 Å². The van der Waals surface area contributed by atoms with Gasteiger partial charge >= 0.3 is 0 Å². The van der Waals surface area contributed by atoms with Crippen LogP contribution in [0.2, 0.25) is 5.02 Å². The summed E-state index contributed by atoms with van der Waals surface area (Å²) in [5.41, 5.74) is 6.17. The first-order valence-electron chi connectivity index (χ1n) is 8.20. The predicted molar refractivity (Wildman–Crippen MR) is 100 cm³/mol. The van der Waals surface area contributed by atoms with Gasteiger partial charge in [0.15, 0.2) is 0 Å². The third kappa shape index (κ3) is 6.94. The molecule has 136 valence electrons. The lowest BCUT2D eigenvalue weighted by molar-refractivity contribution is -0.129. The molecule has 2 aromatic carbocycles. The van der Waals surface area contributed by atoms with Crippen molar-refractivity contribution in [3.8, 4) is 0 Å². The van der Waals surface area contributed by atoms with E-state index >= 15 is 0 Å². The van der Waals surface area contributed by atoms with Crippen LogP contribution in [0.3, 0.4) is 0 Å². The number of benzene rings is 2. The number of nitrogens with one attached hydrogen (secondary N) is 3. The Hall–Kier alpha value is -2.86. The number of amides is 3. The zero-order valence-electron chi connectivity index (χ0n) is 14.1. The zero-order chi connectivity index (χ0) is 18.8. The summed E-state index contributed by atoms with van der Waals surface area (Å²) < 4.78 is 0. The molecule has 0 aliphatic carbocycles. The minimum atomic E-state index is -0.431. The fraction of sp³-hybridized carbons (Fsp3) is 0.211. The second-order valence-corrected chi connectivity index (χ2v) is 6.01. The van der Waals surface area contributed by atoms with Crippen molar-refractivity contribution in [1.29, 1.82) is 0 Å². The van der Waals surface area contributed by atoms with Crippen LogP contribution in [0, 0.1) is 0 Å². The first-order valence-corrected chi connectivity index (χ1v) is 8.58. The quantitative estimate of drug-likeness (QED) is 0.652. The summed E-state index contributed by atoms with van der Waals surface area (Å²) in [6, 6.07) is 16.3. The number of carbonyl (C=O) groups is 3. The van der Waals surface area contributed by atoms with Crippen LogP contribution in [-0.2, 0) is 20.8 Å². The summed E-state index contributed by atoms with van der Waals surface area (Å²) in [7, 11) is 0. The Labute approximate surface area is 156 Å². The molecule has 0 saturated carbocycles. The summed E-state index contributed by atoms with van der Waals surface area (Å²) in [5, 5.41) is 3.29. The molecule has 0 saturated heterocycles. The Morgan fingerprint density at radius 3 is 2.00 bits per heavy atom. The molecular weight excluding hydrogens is 354 g/mol. The molecule has 3 N–H and O–H groups in total. The highest BCUT2D eigenvalue weighted by Gasteiger charge is 2.09. The third-order valence-corrected chi connectivity index (χ3v) is 3.93. The molecule has 0 heterocycles. The van der Waals surface area contributed by atoms with Gasteiger partial charge in [-0.1, -0.05) is 48.0 Å². The van der Waals surface area contributed by atoms with E-state index in [0.717, 1.165) is 5.56 Å². The topological polar surface area (TPSA) is 87.3 Å². The summed E-state index contributed by atoms with van der Waals surface area (Å²) in [6.07, 6.45) is 0.666. The Morgan fingerprint density at radius 2 is 1.31 bits per heavy atom. The SMILES string of the molecule is O=C(CCC(=O)Nc1ccccc1)NNC(=O)CCc1ccccc1Cl. The number of aryl methyl sites for hydroxylation is 1. The van der Waals surface area contributed by atoms with Crippen LogP contribution in [0.15, 0.2) is 54.6 Å². The number of anilines is 1. The molecule has 0 aliphatic heterocycles. The van der Waals surface area contributed by atoms with Gasteiger partial charge in [-0.05, 0) is 30.2 Å². The average molecular weight is 374 g/mol. The number of hydrogen-bond acceptors (Lipinski definition) is 3. The lowest BCUT2D eigenvalue weighted by atomic mass is 10.1. The number of hydrogen-bond donors (Lipinski definition) is 3. The fourth-order valence-corrected chi connectivity index (χ4v) is 2.42. The summed E-state index contributed by atoms with van der Waals surface area (Å²) >= 11 is 6.02. The lowest BCUT2D eigenvalue weighted by Crippen LogP contribution is -2.41. The molecular formula is C19H20ClN3O3. The van der Waals surface area contributed by atoms with E-state index in [1.807, 2.05) is 24.3 Å². The summed E-state index contributed by atoms with van der Waals surface area (Å²) in [5.74, 6) is -1.03.